The molecule has 0 aromatic rings. The summed E-state index contributed by atoms with van der Waals surface area (Å²) >= 11 is 0. The first-order chi connectivity index (χ1) is 7.92. The minimum atomic E-state index is 0.878. The van der Waals surface area contributed by atoms with E-state index >= 15 is 0 Å². The highest BCUT2D eigenvalue weighted by molar-refractivity contribution is 4.90. The topological polar surface area (TPSA) is 18.5 Å². The van der Waals surface area contributed by atoms with Gasteiger partial charge in [-0.15, -0.1) is 0 Å². The van der Waals surface area contributed by atoms with Crippen LogP contribution in [0.1, 0.15) is 25.7 Å². The Labute approximate surface area is 99.2 Å². The van der Waals surface area contributed by atoms with E-state index in [1.165, 1.54) is 71.5 Å². The van der Waals surface area contributed by atoms with Crippen molar-refractivity contribution in [3.63, 3.8) is 0 Å². The Hall–Kier alpha value is -0.120. The average molecular weight is 223 g/mol. The largest absolute Gasteiger partial charge is 0.314 e. The van der Waals surface area contributed by atoms with Crippen molar-refractivity contribution < 1.29 is 0 Å². The van der Waals surface area contributed by atoms with Crippen LogP contribution in [-0.2, 0) is 0 Å². The molecule has 0 aromatic carbocycles. The fourth-order valence-electron chi connectivity index (χ4n) is 3.53. The molecule has 3 fully saturated rings. The van der Waals surface area contributed by atoms with Crippen LogP contribution < -0.4 is 5.32 Å². The zero-order valence-electron chi connectivity index (χ0n) is 10.3. The normalized spacial score (nSPS) is 30.8. The number of hydrogen-bond donors (Lipinski definition) is 1. The van der Waals surface area contributed by atoms with Gasteiger partial charge in [-0.3, -0.25) is 9.80 Å². The summed E-state index contributed by atoms with van der Waals surface area (Å²) in [7, 11) is 0. The van der Waals surface area contributed by atoms with Crippen molar-refractivity contribution in [2.45, 2.75) is 31.7 Å². The lowest BCUT2D eigenvalue weighted by molar-refractivity contribution is 0.0185. The van der Waals surface area contributed by atoms with Gasteiger partial charge in [0.25, 0.3) is 0 Å². The van der Waals surface area contributed by atoms with Crippen molar-refractivity contribution in [1.29, 1.82) is 0 Å². The van der Waals surface area contributed by atoms with Gasteiger partial charge in [-0.25, -0.2) is 0 Å². The maximum atomic E-state index is 3.43. The Morgan fingerprint density at radius 1 is 1.00 bits per heavy atom. The van der Waals surface area contributed by atoms with E-state index in [-0.39, 0.29) is 0 Å². The van der Waals surface area contributed by atoms with Crippen LogP contribution in [-0.4, -0.2) is 61.7 Å². The lowest BCUT2D eigenvalue weighted by Gasteiger charge is -2.47. The second-order valence-electron chi connectivity index (χ2n) is 5.81. The highest BCUT2D eigenvalue weighted by Gasteiger charge is 2.33. The third kappa shape index (κ3) is 2.41. The van der Waals surface area contributed by atoms with E-state index in [4.69, 9.17) is 0 Å². The maximum Gasteiger partial charge on any atom is 0.0351 e. The summed E-state index contributed by atoms with van der Waals surface area (Å²) in [4.78, 5) is 5.37. The molecule has 2 heterocycles. The second-order valence-corrected chi connectivity index (χ2v) is 5.81. The van der Waals surface area contributed by atoms with Crippen LogP contribution in [0.4, 0.5) is 0 Å². The lowest BCUT2D eigenvalue weighted by atomic mass is 10.0. The summed E-state index contributed by atoms with van der Waals surface area (Å²) in [6.07, 6.45) is 5.96. The molecule has 3 heteroatoms. The molecule has 0 spiro atoms. The van der Waals surface area contributed by atoms with Gasteiger partial charge < -0.3 is 5.32 Å². The highest BCUT2D eigenvalue weighted by atomic mass is 15.3. The Kier molecular flexibility index (Phi) is 3.46. The second kappa shape index (κ2) is 5.03. The van der Waals surface area contributed by atoms with Crippen molar-refractivity contribution >= 4 is 0 Å². The fraction of sp³-hybridized carbons (Fsp3) is 1.00. The number of nitrogens with one attached hydrogen (secondary N) is 1. The molecule has 16 heavy (non-hydrogen) atoms. The third-order valence-electron chi connectivity index (χ3n) is 4.60. The molecule has 92 valence electrons. The van der Waals surface area contributed by atoms with Gasteiger partial charge in [0, 0.05) is 51.9 Å². The van der Waals surface area contributed by atoms with Crippen LogP contribution in [0, 0.1) is 5.92 Å². The quantitative estimate of drug-likeness (QED) is 0.762. The Morgan fingerprint density at radius 2 is 1.69 bits per heavy atom. The van der Waals surface area contributed by atoms with E-state index in [0.717, 1.165) is 12.0 Å². The van der Waals surface area contributed by atoms with Crippen LogP contribution in [0.25, 0.3) is 0 Å². The lowest BCUT2D eigenvalue weighted by Crippen LogP contribution is -2.63. The summed E-state index contributed by atoms with van der Waals surface area (Å²) in [5, 5.41) is 3.43. The molecule has 1 saturated carbocycles. The molecule has 0 amide bonds. The van der Waals surface area contributed by atoms with Crippen molar-refractivity contribution in [1.82, 2.24) is 15.1 Å². The van der Waals surface area contributed by atoms with E-state index in [1.54, 1.807) is 0 Å². The molecular weight excluding hydrogens is 198 g/mol. The van der Waals surface area contributed by atoms with E-state index < -0.39 is 0 Å². The number of piperazine rings is 1. The number of hydrogen-bond acceptors (Lipinski definition) is 3. The number of likely N-dealkylation sites (tertiary alicyclic amines) is 1. The summed E-state index contributed by atoms with van der Waals surface area (Å²) in [6.45, 7) is 9.00. The van der Waals surface area contributed by atoms with Crippen molar-refractivity contribution in [3.8, 4) is 0 Å². The SMILES string of the molecule is C1CCC(CN2CC(N3CCNCC3)C2)C1. The zero-order valence-corrected chi connectivity index (χ0v) is 10.3. The van der Waals surface area contributed by atoms with Crippen molar-refractivity contribution in [3.05, 3.63) is 0 Å². The molecular formula is C13H25N3. The third-order valence-corrected chi connectivity index (χ3v) is 4.60. The molecule has 0 bridgehead atoms. The van der Waals surface area contributed by atoms with E-state index in [1.807, 2.05) is 0 Å². The first-order valence-electron chi connectivity index (χ1n) is 7.09. The van der Waals surface area contributed by atoms with Gasteiger partial charge in [0.1, 0.15) is 0 Å². The summed E-state index contributed by atoms with van der Waals surface area (Å²) in [6, 6.07) is 0.878. The van der Waals surface area contributed by atoms with Crippen LogP contribution in [0.2, 0.25) is 0 Å². The number of nitrogens with zero attached hydrogens (tertiary/aromatic N) is 2. The minimum absolute atomic E-state index is 0.878. The molecule has 1 N–H and O–H groups in total. The Bertz CT molecular complexity index is 213. The van der Waals surface area contributed by atoms with Gasteiger partial charge in [-0.2, -0.15) is 0 Å². The van der Waals surface area contributed by atoms with Crippen molar-refractivity contribution in [2.75, 3.05) is 45.8 Å². The van der Waals surface area contributed by atoms with Gasteiger partial charge in [0.2, 0.25) is 0 Å². The van der Waals surface area contributed by atoms with Crippen LogP contribution in [0.5, 0.6) is 0 Å². The summed E-state index contributed by atoms with van der Waals surface area (Å²) < 4.78 is 0. The minimum Gasteiger partial charge on any atom is -0.314 e. The van der Waals surface area contributed by atoms with E-state index in [2.05, 4.69) is 15.1 Å². The Balaban J connectivity index is 1.37. The summed E-state index contributed by atoms with van der Waals surface area (Å²) in [5.74, 6) is 1.03. The molecule has 0 radical (unpaired) electrons. The molecule has 0 atom stereocenters. The Morgan fingerprint density at radius 3 is 2.38 bits per heavy atom. The monoisotopic (exact) mass is 223 g/mol. The molecule has 3 rings (SSSR count). The predicted molar refractivity (Wildman–Crippen MR) is 66.6 cm³/mol. The smallest absolute Gasteiger partial charge is 0.0351 e. The first kappa shape index (κ1) is 11.0. The molecule has 0 unspecified atom stereocenters. The van der Waals surface area contributed by atoms with Crippen molar-refractivity contribution in [2.24, 2.45) is 5.92 Å². The predicted octanol–water partition coefficient (Wildman–Crippen LogP) is 0.766. The molecule has 0 aromatic heterocycles. The highest BCUT2D eigenvalue weighted by Crippen LogP contribution is 2.27. The molecule has 2 saturated heterocycles. The fourth-order valence-corrected chi connectivity index (χ4v) is 3.53. The van der Waals surface area contributed by atoms with Gasteiger partial charge in [0.05, 0.1) is 0 Å². The van der Waals surface area contributed by atoms with Gasteiger partial charge in [-0.05, 0) is 18.8 Å². The summed E-state index contributed by atoms with van der Waals surface area (Å²) in [5.41, 5.74) is 0. The molecule has 1 aliphatic carbocycles. The van der Waals surface area contributed by atoms with Crippen LogP contribution >= 0.6 is 0 Å². The number of rotatable bonds is 3. The van der Waals surface area contributed by atoms with Crippen LogP contribution in [0.3, 0.4) is 0 Å². The molecule has 3 nitrogen and oxygen atoms in total. The van der Waals surface area contributed by atoms with Gasteiger partial charge in [0.15, 0.2) is 0 Å². The van der Waals surface area contributed by atoms with E-state index in [0.29, 0.717) is 0 Å². The van der Waals surface area contributed by atoms with Crippen LogP contribution in [0.15, 0.2) is 0 Å². The average Bonchev–Trinajstić information content (AvgIpc) is 2.77. The first-order valence-corrected chi connectivity index (χ1v) is 7.09. The zero-order chi connectivity index (χ0) is 10.8. The maximum absolute atomic E-state index is 3.43. The molecule has 3 aliphatic rings. The van der Waals surface area contributed by atoms with Gasteiger partial charge >= 0.3 is 0 Å². The standard InChI is InChI=1S/C13H25N3/c1-2-4-12(3-1)9-15-10-13(11-15)16-7-5-14-6-8-16/h12-14H,1-11H2. The van der Waals surface area contributed by atoms with Gasteiger partial charge in [-0.1, -0.05) is 12.8 Å². The van der Waals surface area contributed by atoms with E-state index in [9.17, 15) is 0 Å². The molecule has 2 aliphatic heterocycles.